The van der Waals surface area contributed by atoms with Gasteiger partial charge in [0.1, 0.15) is 17.1 Å². The maximum Gasteiger partial charge on any atom is 0.237 e. The van der Waals surface area contributed by atoms with Crippen molar-refractivity contribution in [2.75, 3.05) is 7.11 Å². The van der Waals surface area contributed by atoms with Crippen LogP contribution < -0.4 is 9.30 Å². The van der Waals surface area contributed by atoms with Gasteiger partial charge in [-0.3, -0.25) is 0 Å². The minimum absolute atomic E-state index is 0.0776. The maximum atomic E-state index is 10.2. The molecule has 0 amide bonds. The van der Waals surface area contributed by atoms with Crippen molar-refractivity contribution in [3.05, 3.63) is 72.2 Å². The van der Waals surface area contributed by atoms with Crippen molar-refractivity contribution in [1.29, 1.82) is 0 Å². The lowest BCUT2D eigenvalue weighted by Crippen LogP contribution is -2.34. The lowest BCUT2D eigenvalue weighted by atomic mass is 10.1. The number of aryl methyl sites for hydroxylation is 1. The quantitative estimate of drug-likeness (QED) is 0.738. The SMILES string of the molecule is CCn1ncc(/N=C2\C=C(c3ccc(OC)cc3)[n+]3ccccc32)c1O. The zero-order valence-corrected chi connectivity index (χ0v) is 14.6. The fraction of sp³-hybridized carbons (Fsp3) is 0.150. The summed E-state index contributed by atoms with van der Waals surface area (Å²) >= 11 is 0. The molecule has 4 rings (SSSR count). The summed E-state index contributed by atoms with van der Waals surface area (Å²) in [5.41, 5.74) is 4.28. The summed E-state index contributed by atoms with van der Waals surface area (Å²) in [5.74, 6) is 0.894. The lowest BCUT2D eigenvalue weighted by molar-refractivity contribution is -0.577. The number of allylic oxidation sites excluding steroid dienone is 1. The summed E-state index contributed by atoms with van der Waals surface area (Å²) in [5, 5.41) is 14.4. The highest BCUT2D eigenvalue weighted by atomic mass is 16.5. The molecule has 0 unspecified atom stereocenters. The van der Waals surface area contributed by atoms with Gasteiger partial charge in [-0.25, -0.2) is 9.67 Å². The molecule has 3 aromatic rings. The summed E-state index contributed by atoms with van der Waals surface area (Å²) in [6, 6.07) is 13.9. The minimum Gasteiger partial charge on any atom is -0.497 e. The fourth-order valence-electron chi connectivity index (χ4n) is 3.02. The van der Waals surface area contributed by atoms with Crippen LogP contribution in [-0.2, 0) is 6.54 Å². The van der Waals surface area contributed by atoms with Crippen LogP contribution in [0.1, 0.15) is 18.2 Å². The highest BCUT2D eigenvalue weighted by molar-refractivity contribution is 6.13. The molecule has 1 aliphatic heterocycles. The van der Waals surface area contributed by atoms with Crippen LogP contribution in [0.25, 0.3) is 5.70 Å². The van der Waals surface area contributed by atoms with E-state index >= 15 is 0 Å². The van der Waals surface area contributed by atoms with Gasteiger partial charge >= 0.3 is 0 Å². The molecule has 0 radical (unpaired) electrons. The third-order valence-corrected chi connectivity index (χ3v) is 4.37. The van der Waals surface area contributed by atoms with Gasteiger partial charge < -0.3 is 9.84 Å². The smallest absolute Gasteiger partial charge is 0.237 e. The van der Waals surface area contributed by atoms with E-state index in [1.165, 1.54) is 4.68 Å². The maximum absolute atomic E-state index is 10.2. The van der Waals surface area contributed by atoms with E-state index in [4.69, 9.17) is 4.74 Å². The molecule has 0 atom stereocenters. The van der Waals surface area contributed by atoms with Gasteiger partial charge in [0.15, 0.2) is 6.20 Å². The van der Waals surface area contributed by atoms with Crippen molar-refractivity contribution in [2.45, 2.75) is 13.5 Å². The third kappa shape index (κ3) is 2.65. The Balaban J connectivity index is 1.81. The van der Waals surface area contributed by atoms with E-state index < -0.39 is 0 Å². The van der Waals surface area contributed by atoms with Crippen LogP contribution in [-0.4, -0.2) is 27.7 Å². The van der Waals surface area contributed by atoms with Crippen LogP contribution in [0.15, 0.2) is 65.9 Å². The standard InChI is InChI=1S/C20H18N4O2/c1-3-24-20(25)17(13-21-24)22-16-12-19(23-11-5-4-6-18(16)23)14-7-9-15(26-2)10-8-14/h4-13H,3H2,1-2H3/p+1. The second kappa shape index (κ2) is 6.48. The molecular weight excluding hydrogens is 328 g/mol. The van der Waals surface area contributed by atoms with E-state index in [0.717, 1.165) is 28.4 Å². The summed E-state index contributed by atoms with van der Waals surface area (Å²) in [6.45, 7) is 2.51. The van der Waals surface area contributed by atoms with E-state index in [-0.39, 0.29) is 5.88 Å². The molecule has 1 aromatic carbocycles. The fourth-order valence-corrected chi connectivity index (χ4v) is 3.02. The Hall–Kier alpha value is -3.41. The van der Waals surface area contributed by atoms with E-state index in [2.05, 4.69) is 14.7 Å². The number of benzene rings is 1. The van der Waals surface area contributed by atoms with Gasteiger partial charge in [-0.2, -0.15) is 9.67 Å². The third-order valence-electron chi connectivity index (χ3n) is 4.37. The Morgan fingerprint density at radius 3 is 2.69 bits per heavy atom. The molecule has 0 fully saturated rings. The largest absolute Gasteiger partial charge is 0.497 e. The van der Waals surface area contributed by atoms with E-state index in [9.17, 15) is 5.11 Å². The van der Waals surface area contributed by atoms with Gasteiger partial charge in [-0.15, -0.1) is 0 Å². The van der Waals surface area contributed by atoms with Crippen LogP contribution in [0, 0.1) is 0 Å². The predicted octanol–water partition coefficient (Wildman–Crippen LogP) is 2.93. The molecule has 2 aromatic heterocycles. The van der Waals surface area contributed by atoms with Crippen LogP contribution >= 0.6 is 0 Å². The number of aliphatic imine (C=N–C) groups is 1. The first kappa shape index (κ1) is 16.1. The van der Waals surface area contributed by atoms with Crippen LogP contribution in [0.3, 0.4) is 0 Å². The summed E-state index contributed by atoms with van der Waals surface area (Å²) in [4.78, 5) is 4.64. The Labute approximate surface area is 151 Å². The zero-order chi connectivity index (χ0) is 18.1. The average Bonchev–Trinajstić information content (AvgIpc) is 3.23. The highest BCUT2D eigenvalue weighted by Gasteiger charge is 2.29. The molecule has 3 heterocycles. The molecule has 1 N–H and O–H groups in total. The topological polar surface area (TPSA) is 63.5 Å². The first-order valence-corrected chi connectivity index (χ1v) is 8.42. The van der Waals surface area contributed by atoms with Gasteiger partial charge in [-0.1, -0.05) is 0 Å². The van der Waals surface area contributed by atoms with Crippen molar-refractivity contribution in [1.82, 2.24) is 9.78 Å². The van der Waals surface area contributed by atoms with Gasteiger partial charge in [0.2, 0.25) is 17.3 Å². The van der Waals surface area contributed by atoms with Gasteiger partial charge in [0, 0.05) is 30.3 Å². The zero-order valence-electron chi connectivity index (χ0n) is 14.6. The Kier molecular flexibility index (Phi) is 4.01. The Morgan fingerprint density at radius 1 is 1.19 bits per heavy atom. The van der Waals surface area contributed by atoms with Crippen LogP contribution in [0.4, 0.5) is 5.69 Å². The molecule has 6 nitrogen and oxygen atoms in total. The highest BCUT2D eigenvalue weighted by Crippen LogP contribution is 2.28. The number of fused-ring (bicyclic) bond motifs is 1. The number of pyridine rings is 1. The second-order valence-corrected chi connectivity index (χ2v) is 5.88. The van der Waals surface area contributed by atoms with Gasteiger partial charge in [0.05, 0.1) is 13.3 Å². The predicted molar refractivity (Wildman–Crippen MR) is 98.8 cm³/mol. The monoisotopic (exact) mass is 347 g/mol. The summed E-state index contributed by atoms with van der Waals surface area (Å²) in [7, 11) is 1.65. The first-order chi connectivity index (χ1) is 12.7. The van der Waals surface area contributed by atoms with Crippen molar-refractivity contribution < 1.29 is 14.4 Å². The molecule has 0 aliphatic carbocycles. The minimum atomic E-state index is 0.0776. The molecule has 6 heteroatoms. The van der Waals surface area contributed by atoms with Crippen molar-refractivity contribution in [2.24, 2.45) is 4.99 Å². The molecule has 0 spiro atoms. The van der Waals surface area contributed by atoms with Gasteiger partial charge in [-0.05, 0) is 37.3 Å². The number of methoxy groups -OCH3 is 1. The second-order valence-electron chi connectivity index (χ2n) is 5.88. The number of hydrogen-bond acceptors (Lipinski definition) is 4. The molecule has 26 heavy (non-hydrogen) atoms. The van der Waals surface area contributed by atoms with E-state index in [0.29, 0.717) is 12.2 Å². The first-order valence-electron chi connectivity index (χ1n) is 8.42. The molecule has 0 saturated carbocycles. The van der Waals surface area contributed by atoms with E-state index in [1.54, 1.807) is 13.3 Å². The Morgan fingerprint density at radius 2 is 2.00 bits per heavy atom. The molecule has 0 saturated heterocycles. The molecule has 130 valence electrons. The Bertz CT molecular complexity index is 1020. The summed E-state index contributed by atoms with van der Waals surface area (Å²) in [6.07, 6.45) is 5.60. The number of hydrogen-bond donors (Lipinski definition) is 1. The summed E-state index contributed by atoms with van der Waals surface area (Å²) < 4.78 is 8.84. The van der Waals surface area contributed by atoms with Crippen molar-refractivity contribution in [3.8, 4) is 11.6 Å². The van der Waals surface area contributed by atoms with Crippen LogP contribution in [0.2, 0.25) is 0 Å². The lowest BCUT2D eigenvalue weighted by Gasteiger charge is -2.01. The van der Waals surface area contributed by atoms with Crippen LogP contribution in [0.5, 0.6) is 11.6 Å². The van der Waals surface area contributed by atoms with E-state index in [1.807, 2.05) is 61.7 Å². The molecule has 0 bridgehead atoms. The van der Waals surface area contributed by atoms with Crippen molar-refractivity contribution >= 4 is 17.1 Å². The number of rotatable bonds is 4. The number of aromatic nitrogens is 3. The van der Waals surface area contributed by atoms with Gasteiger partial charge in [0.25, 0.3) is 0 Å². The number of nitrogens with zero attached hydrogens (tertiary/aromatic N) is 4. The molecule has 1 aliphatic rings. The normalized spacial score (nSPS) is 14.4. The number of aromatic hydroxyl groups is 1. The average molecular weight is 347 g/mol. The molecular formula is C20H19N4O2+. The number of ether oxygens (including phenoxy) is 1. The van der Waals surface area contributed by atoms with Crippen molar-refractivity contribution in [3.63, 3.8) is 0 Å².